The minimum absolute atomic E-state index is 0.181. The van der Waals surface area contributed by atoms with Crippen LogP contribution in [-0.2, 0) is 38.1 Å². The molecule has 0 spiro atoms. The Bertz CT molecular complexity index is 1260. The molecule has 0 amide bonds. The van der Waals surface area contributed by atoms with E-state index in [2.05, 4.69) is 144 Å². The summed E-state index contributed by atoms with van der Waals surface area (Å²) in [5.41, 5.74) is 0. The summed E-state index contributed by atoms with van der Waals surface area (Å²) in [6.07, 6.45) is 40.5. The second kappa shape index (κ2) is 66.1. The van der Waals surface area contributed by atoms with Gasteiger partial charge < -0.3 is 0 Å². The van der Waals surface area contributed by atoms with Gasteiger partial charge >= 0.3 is 384 Å². The van der Waals surface area contributed by atoms with Gasteiger partial charge in [0, 0.05) is 0 Å². The fraction of sp³-hybridized carbons (Fsp3) is 0.797. The molecular weight excluding hydrogens is 1190 g/mol. The van der Waals surface area contributed by atoms with Gasteiger partial charge in [-0.05, 0) is 25.7 Å². The number of rotatable bonds is 50. The number of allylic oxidation sites excluding steroid dienone is 8. The number of hydrogen-bond donors (Lipinski definition) is 0. The molecule has 11 nitrogen and oxygen atoms in total. The van der Waals surface area contributed by atoms with Crippen LogP contribution >= 0.6 is 0 Å². The molecule has 15 heteroatoms. The molecule has 2 radical (unpaired) electrons. The maximum atomic E-state index is 12.5. The summed E-state index contributed by atoms with van der Waals surface area (Å²) >= 11 is 6.71. The van der Waals surface area contributed by atoms with Crippen molar-refractivity contribution in [3.63, 3.8) is 0 Å². The van der Waals surface area contributed by atoms with E-state index in [1.54, 1.807) is 0 Å². The predicted octanol–water partition coefficient (Wildman–Crippen LogP) is 12.8. The predicted molar refractivity (Wildman–Crippen MR) is 318 cm³/mol. The Morgan fingerprint density at radius 2 is 0.689 bits per heavy atom. The summed E-state index contributed by atoms with van der Waals surface area (Å²) in [4.78, 5) is 56.2. The first kappa shape index (κ1) is 77.0. The zero-order valence-corrected chi connectivity index (χ0v) is 55.0. The van der Waals surface area contributed by atoms with Crippen molar-refractivity contribution in [2.75, 3.05) is 85.8 Å². The third-order valence-electron chi connectivity index (χ3n) is 11.1. The van der Waals surface area contributed by atoms with E-state index in [9.17, 15) is 19.2 Å². The minimum atomic E-state index is -0.226. The van der Waals surface area contributed by atoms with Gasteiger partial charge in [0.2, 0.25) is 0 Å². The third-order valence-corrected chi connectivity index (χ3v) is 16.1. The van der Waals surface area contributed by atoms with Gasteiger partial charge in [0.05, 0.1) is 0 Å². The molecule has 0 aromatic carbocycles. The van der Waals surface area contributed by atoms with Crippen molar-refractivity contribution < 1.29 is 38.1 Å². The first-order valence-electron chi connectivity index (χ1n) is 28.8. The number of esters is 4. The van der Waals surface area contributed by atoms with E-state index in [-0.39, 0.29) is 36.7 Å². The first-order valence-corrected chi connectivity index (χ1v) is 36.0. The quantitative estimate of drug-likeness (QED) is 0.0191. The molecule has 0 saturated heterocycles. The van der Waals surface area contributed by atoms with Crippen LogP contribution in [0.4, 0.5) is 0 Å². The van der Waals surface area contributed by atoms with E-state index in [0.717, 1.165) is 75.3 Å². The Kier molecular flexibility index (Phi) is 68.8. The fourth-order valence-corrected chi connectivity index (χ4v) is 10.6. The van der Waals surface area contributed by atoms with Gasteiger partial charge in [0.25, 0.3) is 0 Å². The molecule has 0 aromatic heterocycles. The first-order chi connectivity index (χ1) is 36.1. The fourth-order valence-electron chi connectivity index (χ4n) is 6.86. The SMILES string of the molecule is CC/C=C\CCCC.CC/C=C\CCCC.CC/C=C\CCCC[Se]CCOC(=O)CCN(CCCN(C)CCCN(CCC(=O)OCC[Se])CCC(=O)OCC[Se]CCCC/C=C\CC)CCC(=O)OCC[Se]. The summed E-state index contributed by atoms with van der Waals surface area (Å²) in [5, 5.41) is 5.68. The van der Waals surface area contributed by atoms with Crippen LogP contribution in [0.25, 0.3) is 0 Å². The molecule has 0 aliphatic rings. The van der Waals surface area contributed by atoms with E-state index < -0.39 is 0 Å². The van der Waals surface area contributed by atoms with Crippen LogP contribution in [0.2, 0.25) is 31.9 Å². The molecule has 0 heterocycles. The molecule has 0 aliphatic heterocycles. The number of carbonyl (C=O) groups is 4. The van der Waals surface area contributed by atoms with Crippen LogP contribution in [0.1, 0.15) is 183 Å². The molecule has 0 aliphatic carbocycles. The summed E-state index contributed by atoms with van der Waals surface area (Å²) in [6.45, 7) is 20.2. The van der Waals surface area contributed by atoms with Crippen molar-refractivity contribution in [1.29, 1.82) is 0 Å². The van der Waals surface area contributed by atoms with Gasteiger partial charge in [-0.3, -0.25) is 0 Å². The Morgan fingerprint density at radius 3 is 0.986 bits per heavy atom. The Balaban J connectivity index is -0.00000268. The van der Waals surface area contributed by atoms with Crippen molar-refractivity contribution in [3.8, 4) is 0 Å². The molecule has 0 N–H and O–H groups in total. The van der Waals surface area contributed by atoms with Crippen molar-refractivity contribution in [2.24, 2.45) is 0 Å². The molecule has 0 unspecified atom stereocenters. The van der Waals surface area contributed by atoms with Gasteiger partial charge in [0.1, 0.15) is 0 Å². The average molecular weight is 1300 g/mol. The normalized spacial score (nSPS) is 11.5. The van der Waals surface area contributed by atoms with Crippen LogP contribution < -0.4 is 0 Å². The summed E-state index contributed by atoms with van der Waals surface area (Å²) < 4.78 is 21.6. The second-order valence-corrected chi connectivity index (χ2v) is 24.9. The summed E-state index contributed by atoms with van der Waals surface area (Å²) in [6, 6.07) is 0. The summed E-state index contributed by atoms with van der Waals surface area (Å²) in [5.74, 6) is -0.814. The van der Waals surface area contributed by atoms with Crippen molar-refractivity contribution >= 4 is 85.8 Å². The number of hydrogen-bond acceptors (Lipinski definition) is 11. The molecule has 0 fully saturated rings. The van der Waals surface area contributed by atoms with Gasteiger partial charge in [-0.25, -0.2) is 0 Å². The van der Waals surface area contributed by atoms with Crippen LogP contribution in [0.3, 0.4) is 0 Å². The van der Waals surface area contributed by atoms with E-state index in [4.69, 9.17) is 18.9 Å². The molecule has 0 saturated carbocycles. The van der Waals surface area contributed by atoms with Crippen LogP contribution in [0.5, 0.6) is 0 Å². The number of carbonyl (C=O) groups excluding carboxylic acids is 4. The number of nitrogens with zero attached hydrogens (tertiary/aromatic N) is 3. The van der Waals surface area contributed by atoms with Crippen molar-refractivity contribution in [2.45, 2.75) is 215 Å². The Hall–Kier alpha value is -1.20. The zero-order chi connectivity index (χ0) is 55.2. The van der Waals surface area contributed by atoms with Crippen molar-refractivity contribution in [1.82, 2.24) is 14.7 Å². The zero-order valence-electron chi connectivity index (χ0n) is 48.1. The Labute approximate surface area is 484 Å². The van der Waals surface area contributed by atoms with Crippen molar-refractivity contribution in [3.05, 3.63) is 48.6 Å². The average Bonchev–Trinajstić information content (AvgIpc) is 3.40. The van der Waals surface area contributed by atoms with Crippen LogP contribution in [0, 0.1) is 0 Å². The van der Waals surface area contributed by atoms with E-state index in [1.807, 2.05) is 0 Å². The molecule has 432 valence electrons. The van der Waals surface area contributed by atoms with Gasteiger partial charge in [-0.1, -0.05) is 77.7 Å². The molecule has 0 aromatic rings. The van der Waals surface area contributed by atoms with E-state index in [1.165, 1.54) is 87.7 Å². The van der Waals surface area contributed by atoms with Crippen LogP contribution in [0.15, 0.2) is 48.6 Å². The molecule has 74 heavy (non-hydrogen) atoms. The van der Waals surface area contributed by atoms with Gasteiger partial charge in [-0.15, -0.1) is 0 Å². The van der Waals surface area contributed by atoms with E-state index >= 15 is 0 Å². The molecule has 0 rings (SSSR count). The maximum absolute atomic E-state index is 12.5. The third kappa shape index (κ3) is 65.1. The Morgan fingerprint density at radius 1 is 0.378 bits per heavy atom. The molecular formula is C59H109N3O8Se4. The van der Waals surface area contributed by atoms with Crippen LogP contribution in [-0.4, -0.2) is 186 Å². The number of unbranched alkanes of at least 4 members (excludes halogenated alkanes) is 8. The topological polar surface area (TPSA) is 115 Å². The standard InChI is InChI=1S/C43H77N3O8Se4.2C8H16/c1-4-6-8-10-12-14-36-57-38-32-53-42(49)20-28-45(26-18-40(47)51-30-34-55)24-16-22-44(3)23-17-25-46(27-19-41(48)52-31-35-56)29-21-43(50)54-33-39-58-37-15-13-11-9-7-5-2;2*1-3-5-7-8-6-4-2/h6-9H,4-5,10-39H2,1-3H3;2*5,7H,3-4,6,8H2,1-2H3/b8-6-,9-7-;2*7-5-. The number of ether oxygens (including phenoxy) is 4. The molecule has 0 bridgehead atoms. The second-order valence-electron chi connectivity index (χ2n) is 18.0. The van der Waals surface area contributed by atoms with Gasteiger partial charge in [0.15, 0.2) is 0 Å². The van der Waals surface area contributed by atoms with E-state index in [0.29, 0.717) is 106 Å². The monoisotopic (exact) mass is 1310 g/mol. The summed E-state index contributed by atoms with van der Waals surface area (Å²) in [7, 11) is 2.09. The van der Waals surface area contributed by atoms with Gasteiger partial charge in [-0.2, -0.15) is 0 Å². The molecule has 0 atom stereocenters.